The van der Waals surface area contributed by atoms with Gasteiger partial charge in [0.15, 0.2) is 3.23 Å². The van der Waals surface area contributed by atoms with E-state index in [-0.39, 0.29) is 0 Å². The lowest BCUT2D eigenvalue weighted by atomic mass is 10.1. The number of hydrogen-bond donors (Lipinski definition) is 1. The lowest BCUT2D eigenvalue weighted by Gasteiger charge is -2.46. The Morgan fingerprint density at radius 3 is 1.53 bits per heavy atom. The summed E-state index contributed by atoms with van der Waals surface area (Å²) in [6.45, 7) is 2.13. The van der Waals surface area contributed by atoms with Crippen molar-refractivity contribution in [3.05, 3.63) is 0 Å². The first kappa shape index (κ1) is 20.8. The van der Waals surface area contributed by atoms with Crippen LogP contribution >= 0.6 is 127 Å². The predicted octanol–water partition coefficient (Wildman–Crippen LogP) is 7.07. The molecule has 0 radical (unpaired) electrons. The zero-order valence-electron chi connectivity index (χ0n) is 8.59. The van der Waals surface area contributed by atoms with Crippen LogP contribution in [0.25, 0.3) is 0 Å². The van der Waals surface area contributed by atoms with Crippen LogP contribution in [-0.2, 0) is 0 Å². The maximum atomic E-state index is 10.1. The third kappa shape index (κ3) is 4.89. The van der Waals surface area contributed by atoms with Crippen LogP contribution in [0.15, 0.2) is 0 Å². The fourth-order valence-corrected chi connectivity index (χ4v) is 6.50. The van der Waals surface area contributed by atoms with Gasteiger partial charge in [0, 0.05) is 0 Å². The van der Waals surface area contributed by atoms with E-state index in [4.69, 9.17) is 0 Å². The van der Waals surface area contributed by atoms with E-state index in [1.807, 2.05) is 0 Å². The topological polar surface area (TPSA) is 20.2 Å². The summed E-state index contributed by atoms with van der Waals surface area (Å²) in [5.41, 5.74) is 0. The van der Waals surface area contributed by atoms with Crippen molar-refractivity contribution in [2.75, 3.05) is 0 Å². The minimum atomic E-state index is -1.36. The Morgan fingerprint density at radius 2 is 1.24 bits per heavy atom. The molecule has 0 aromatic heterocycles. The molecule has 0 aromatic rings. The highest BCUT2D eigenvalue weighted by Crippen LogP contribution is 2.66. The first-order valence-corrected chi connectivity index (χ1v) is 10.9. The predicted molar refractivity (Wildman–Crippen MR) is 104 cm³/mol. The van der Waals surface area contributed by atoms with E-state index in [1.165, 1.54) is 0 Å². The molecule has 0 rings (SSSR count). The molecule has 0 fully saturated rings. The molecule has 0 saturated heterocycles. The van der Waals surface area contributed by atoms with Crippen molar-refractivity contribution in [1.82, 2.24) is 0 Å². The van der Waals surface area contributed by atoms with Crippen LogP contribution in [0, 0.1) is 0 Å². The zero-order chi connectivity index (χ0) is 14.1. The molecule has 0 aliphatic carbocycles. The standard InChI is InChI=1S/C8H10Br8O/c1-2-3-4-5(9,10)6(11,12)7(13,14)8(15,16)17/h17H,2-4H2,1H3. The van der Waals surface area contributed by atoms with Gasteiger partial charge in [-0.3, -0.25) is 0 Å². The summed E-state index contributed by atoms with van der Waals surface area (Å²) >= 11 is 27.8. The lowest BCUT2D eigenvalue weighted by Crippen LogP contribution is -2.55. The molecule has 17 heavy (non-hydrogen) atoms. The van der Waals surface area contributed by atoms with Gasteiger partial charge in [-0.15, -0.1) is 0 Å². The molecule has 0 unspecified atom stereocenters. The number of unbranched alkanes of at least 4 members (excludes halogenated alkanes) is 1. The van der Waals surface area contributed by atoms with Gasteiger partial charge in [0.05, 0.1) is 0 Å². The van der Waals surface area contributed by atoms with Gasteiger partial charge in [0.2, 0.25) is 3.42 Å². The average molecular weight is 761 g/mol. The molecule has 0 saturated carbocycles. The third-order valence-electron chi connectivity index (χ3n) is 2.08. The number of halogens is 8. The van der Waals surface area contributed by atoms with Crippen LogP contribution in [0.3, 0.4) is 0 Å². The Hall–Kier alpha value is 3.80. The quantitative estimate of drug-likeness (QED) is 0.288. The van der Waals surface area contributed by atoms with Crippen LogP contribution in [-0.4, -0.2) is 18.2 Å². The van der Waals surface area contributed by atoms with Gasteiger partial charge in [-0.1, -0.05) is 115 Å². The second-order valence-electron chi connectivity index (χ2n) is 3.50. The first-order chi connectivity index (χ1) is 7.31. The SMILES string of the molecule is CCCCC(Br)(Br)C(Br)(Br)C(Br)(Br)C(O)(Br)Br. The normalized spacial score (nSPS) is 15.2. The molecule has 1 nitrogen and oxygen atoms in total. The van der Waals surface area contributed by atoms with Crippen molar-refractivity contribution in [3.63, 3.8) is 0 Å². The monoisotopic (exact) mass is 753 g/mol. The van der Waals surface area contributed by atoms with Gasteiger partial charge in [0.25, 0.3) is 0 Å². The molecule has 0 atom stereocenters. The van der Waals surface area contributed by atoms with Gasteiger partial charge in [-0.2, -0.15) is 0 Å². The molecule has 0 aliphatic heterocycles. The van der Waals surface area contributed by atoms with Crippen molar-refractivity contribution in [3.8, 4) is 0 Å². The lowest BCUT2D eigenvalue weighted by molar-refractivity contribution is 0.228. The van der Waals surface area contributed by atoms with Gasteiger partial charge >= 0.3 is 0 Å². The second-order valence-corrected chi connectivity index (χ2v) is 17.5. The maximum Gasteiger partial charge on any atom is 0.202 e. The van der Waals surface area contributed by atoms with E-state index in [0.29, 0.717) is 0 Å². The fraction of sp³-hybridized carbons (Fsp3) is 1.00. The fourth-order valence-electron chi connectivity index (χ4n) is 0.974. The largest absolute Gasteiger partial charge is 0.368 e. The highest BCUT2D eigenvalue weighted by atomic mass is 79.9. The summed E-state index contributed by atoms with van der Waals surface area (Å²) in [6.07, 6.45) is 2.98. The maximum absolute atomic E-state index is 10.1. The summed E-state index contributed by atoms with van der Waals surface area (Å²) in [7, 11) is 0. The molecule has 1 N–H and O–H groups in total. The van der Waals surface area contributed by atoms with E-state index in [0.717, 1.165) is 19.3 Å². The smallest absolute Gasteiger partial charge is 0.202 e. The van der Waals surface area contributed by atoms with Crippen molar-refractivity contribution in [2.45, 2.75) is 39.3 Å². The van der Waals surface area contributed by atoms with E-state index in [1.54, 1.807) is 0 Å². The van der Waals surface area contributed by atoms with E-state index >= 15 is 0 Å². The van der Waals surface area contributed by atoms with Gasteiger partial charge in [-0.25, -0.2) is 0 Å². The van der Waals surface area contributed by atoms with E-state index in [9.17, 15) is 5.11 Å². The zero-order valence-corrected chi connectivity index (χ0v) is 21.3. The first-order valence-electron chi connectivity index (χ1n) is 4.55. The van der Waals surface area contributed by atoms with Crippen LogP contribution < -0.4 is 0 Å². The number of alkyl halides is 8. The van der Waals surface area contributed by atoms with E-state index < -0.39 is 13.1 Å². The van der Waals surface area contributed by atoms with Crippen molar-refractivity contribution < 1.29 is 5.11 Å². The summed E-state index contributed by atoms with van der Waals surface area (Å²) in [6, 6.07) is 0. The van der Waals surface area contributed by atoms with Crippen molar-refractivity contribution in [1.29, 1.82) is 0 Å². The Bertz CT molecular complexity index is 257. The number of hydrogen-bond acceptors (Lipinski definition) is 1. The number of rotatable bonds is 6. The minimum absolute atomic E-state index is 0.467. The van der Waals surface area contributed by atoms with Crippen LogP contribution in [0.2, 0.25) is 0 Å². The van der Waals surface area contributed by atoms with E-state index in [2.05, 4.69) is 134 Å². The summed E-state index contributed by atoms with van der Waals surface area (Å²) in [5.74, 6) is 0. The second kappa shape index (κ2) is 7.38. The van der Waals surface area contributed by atoms with Gasteiger partial charge in [-0.05, 0) is 38.3 Å². The Labute approximate surface area is 169 Å². The molecule has 0 spiro atoms. The molecule has 104 valence electrons. The van der Waals surface area contributed by atoms with Gasteiger partial charge < -0.3 is 5.11 Å². The van der Waals surface area contributed by atoms with Crippen molar-refractivity contribution >= 4 is 127 Å². The van der Waals surface area contributed by atoms with Crippen LogP contribution in [0.1, 0.15) is 26.2 Å². The number of aliphatic hydroxyl groups is 1. The highest BCUT2D eigenvalue weighted by molar-refractivity contribution is 9.34. The Balaban J connectivity index is 5.24. The molecule has 9 heteroatoms. The van der Waals surface area contributed by atoms with Crippen molar-refractivity contribution in [2.24, 2.45) is 0 Å². The minimum Gasteiger partial charge on any atom is -0.368 e. The molecule has 0 aromatic carbocycles. The molecule has 0 amide bonds. The van der Waals surface area contributed by atoms with Crippen LogP contribution in [0.4, 0.5) is 0 Å². The summed E-state index contributed by atoms with van der Waals surface area (Å²) in [5, 5.41) is 10.1. The summed E-state index contributed by atoms with van der Waals surface area (Å²) in [4.78, 5) is 0. The van der Waals surface area contributed by atoms with Gasteiger partial charge in [0.1, 0.15) is 6.47 Å². The summed E-state index contributed by atoms with van der Waals surface area (Å²) < 4.78 is -3.48. The highest BCUT2D eigenvalue weighted by Gasteiger charge is 2.64. The van der Waals surface area contributed by atoms with Crippen LogP contribution in [0.5, 0.6) is 0 Å². The molecule has 0 heterocycles. The molecule has 0 aliphatic rings. The Kier molecular flexibility index (Phi) is 9.03. The molecular formula is C8H10Br8O. The Morgan fingerprint density at radius 1 is 0.824 bits per heavy atom. The molecular weight excluding hydrogens is 751 g/mol. The molecule has 0 bridgehead atoms. The average Bonchev–Trinajstić information content (AvgIpc) is 2.12. The third-order valence-corrected chi connectivity index (χ3v) is 16.5.